The first-order valence-electron chi connectivity index (χ1n) is 5.42. The van der Waals surface area contributed by atoms with Gasteiger partial charge in [-0.3, -0.25) is 0 Å². The van der Waals surface area contributed by atoms with Crippen molar-refractivity contribution in [2.24, 2.45) is 0 Å². The van der Waals surface area contributed by atoms with Crippen LogP contribution in [0.1, 0.15) is 6.42 Å². The van der Waals surface area contributed by atoms with Crippen LogP contribution in [0.2, 0.25) is 5.02 Å². The van der Waals surface area contributed by atoms with Crippen LogP contribution in [-0.2, 0) is 0 Å². The minimum Gasteiger partial charge on any atom is -0.397 e. The maximum Gasteiger partial charge on any atom is 0.0786 e. The SMILES string of the molecule is CN(C)CCCN(C)c1c(N)cccc1Cl. The Morgan fingerprint density at radius 3 is 2.44 bits per heavy atom. The molecule has 16 heavy (non-hydrogen) atoms. The average Bonchev–Trinajstić information content (AvgIpc) is 2.16. The van der Waals surface area contributed by atoms with Gasteiger partial charge in [-0.1, -0.05) is 17.7 Å². The van der Waals surface area contributed by atoms with Crippen LogP contribution in [0.25, 0.3) is 0 Å². The van der Waals surface area contributed by atoms with E-state index < -0.39 is 0 Å². The van der Waals surface area contributed by atoms with Gasteiger partial charge in [-0.25, -0.2) is 0 Å². The topological polar surface area (TPSA) is 32.5 Å². The molecule has 0 unspecified atom stereocenters. The van der Waals surface area contributed by atoms with Crippen LogP contribution < -0.4 is 10.6 Å². The van der Waals surface area contributed by atoms with Crippen molar-refractivity contribution in [3.8, 4) is 0 Å². The third kappa shape index (κ3) is 3.58. The van der Waals surface area contributed by atoms with Crippen molar-refractivity contribution >= 4 is 23.0 Å². The zero-order chi connectivity index (χ0) is 12.1. The number of rotatable bonds is 5. The lowest BCUT2D eigenvalue weighted by atomic mass is 10.2. The summed E-state index contributed by atoms with van der Waals surface area (Å²) < 4.78 is 0. The fourth-order valence-electron chi connectivity index (χ4n) is 1.67. The number of hydrogen-bond donors (Lipinski definition) is 1. The third-order valence-electron chi connectivity index (χ3n) is 2.50. The van der Waals surface area contributed by atoms with E-state index in [0.29, 0.717) is 5.02 Å². The number of nitrogens with zero attached hydrogens (tertiary/aromatic N) is 2. The summed E-state index contributed by atoms with van der Waals surface area (Å²) in [5, 5.41) is 0.715. The summed E-state index contributed by atoms with van der Waals surface area (Å²) in [4.78, 5) is 4.28. The molecule has 0 atom stereocenters. The van der Waals surface area contributed by atoms with E-state index in [4.69, 9.17) is 17.3 Å². The van der Waals surface area contributed by atoms with Crippen molar-refractivity contribution in [1.29, 1.82) is 0 Å². The molecule has 0 aliphatic carbocycles. The summed E-state index contributed by atoms with van der Waals surface area (Å²) in [7, 11) is 6.17. The minimum absolute atomic E-state index is 0.715. The maximum absolute atomic E-state index is 6.13. The van der Waals surface area contributed by atoms with Gasteiger partial charge in [-0.05, 0) is 39.2 Å². The van der Waals surface area contributed by atoms with E-state index in [1.807, 2.05) is 25.2 Å². The quantitative estimate of drug-likeness (QED) is 0.803. The summed E-state index contributed by atoms with van der Waals surface area (Å²) in [6.45, 7) is 2.01. The number of para-hydroxylation sites is 1. The third-order valence-corrected chi connectivity index (χ3v) is 2.80. The molecule has 0 saturated carbocycles. The molecule has 2 N–H and O–H groups in total. The number of halogens is 1. The van der Waals surface area contributed by atoms with Gasteiger partial charge in [0.25, 0.3) is 0 Å². The van der Waals surface area contributed by atoms with Crippen LogP contribution >= 0.6 is 11.6 Å². The molecular formula is C12H20ClN3. The number of hydrogen-bond acceptors (Lipinski definition) is 3. The van der Waals surface area contributed by atoms with Gasteiger partial charge in [0.2, 0.25) is 0 Å². The molecule has 0 spiro atoms. The summed E-state index contributed by atoms with van der Waals surface area (Å²) >= 11 is 6.13. The Morgan fingerprint density at radius 1 is 1.19 bits per heavy atom. The number of nitrogen functional groups attached to an aromatic ring is 1. The number of nitrogens with two attached hydrogens (primary N) is 1. The first-order chi connectivity index (χ1) is 7.52. The molecule has 0 aromatic heterocycles. The van der Waals surface area contributed by atoms with Crippen molar-refractivity contribution in [2.45, 2.75) is 6.42 Å². The van der Waals surface area contributed by atoms with Gasteiger partial charge in [-0.15, -0.1) is 0 Å². The van der Waals surface area contributed by atoms with E-state index in [1.54, 1.807) is 0 Å². The van der Waals surface area contributed by atoms with Gasteiger partial charge in [0.15, 0.2) is 0 Å². The van der Waals surface area contributed by atoms with Crippen molar-refractivity contribution < 1.29 is 0 Å². The molecule has 0 radical (unpaired) electrons. The molecule has 1 aromatic carbocycles. The van der Waals surface area contributed by atoms with Crippen LogP contribution in [0, 0.1) is 0 Å². The van der Waals surface area contributed by atoms with Crippen LogP contribution in [0.4, 0.5) is 11.4 Å². The maximum atomic E-state index is 6.13. The zero-order valence-corrected chi connectivity index (χ0v) is 11.0. The van der Waals surface area contributed by atoms with E-state index in [9.17, 15) is 0 Å². The molecule has 1 rings (SSSR count). The van der Waals surface area contributed by atoms with Crippen molar-refractivity contribution in [3.05, 3.63) is 23.2 Å². The first kappa shape index (κ1) is 13.1. The largest absolute Gasteiger partial charge is 0.397 e. The lowest BCUT2D eigenvalue weighted by Crippen LogP contribution is -2.24. The number of anilines is 2. The molecule has 3 nitrogen and oxygen atoms in total. The lowest BCUT2D eigenvalue weighted by Gasteiger charge is -2.23. The molecular weight excluding hydrogens is 222 g/mol. The first-order valence-corrected chi connectivity index (χ1v) is 5.80. The molecule has 0 amide bonds. The lowest BCUT2D eigenvalue weighted by molar-refractivity contribution is 0.402. The average molecular weight is 242 g/mol. The highest BCUT2D eigenvalue weighted by molar-refractivity contribution is 6.33. The van der Waals surface area contributed by atoms with Crippen molar-refractivity contribution in [3.63, 3.8) is 0 Å². The van der Waals surface area contributed by atoms with Crippen molar-refractivity contribution in [1.82, 2.24) is 4.90 Å². The van der Waals surface area contributed by atoms with E-state index in [0.717, 1.165) is 30.9 Å². The van der Waals surface area contributed by atoms with Crippen LogP contribution in [0.5, 0.6) is 0 Å². The molecule has 0 aliphatic heterocycles. The molecule has 90 valence electrons. The van der Waals surface area contributed by atoms with E-state index in [1.165, 1.54) is 0 Å². The number of benzene rings is 1. The van der Waals surface area contributed by atoms with Gasteiger partial charge < -0.3 is 15.5 Å². The minimum atomic E-state index is 0.715. The van der Waals surface area contributed by atoms with Crippen LogP contribution in [0.3, 0.4) is 0 Å². The summed E-state index contributed by atoms with van der Waals surface area (Å²) in [5.74, 6) is 0. The highest BCUT2D eigenvalue weighted by Crippen LogP contribution is 2.30. The molecule has 0 bridgehead atoms. The van der Waals surface area contributed by atoms with Gasteiger partial charge in [0.1, 0.15) is 0 Å². The normalized spacial score (nSPS) is 10.8. The Morgan fingerprint density at radius 2 is 1.88 bits per heavy atom. The van der Waals surface area contributed by atoms with E-state index in [-0.39, 0.29) is 0 Å². The molecule has 4 heteroatoms. The Labute approximate surface area is 103 Å². The van der Waals surface area contributed by atoms with Gasteiger partial charge >= 0.3 is 0 Å². The van der Waals surface area contributed by atoms with Crippen molar-refractivity contribution in [2.75, 3.05) is 44.9 Å². The predicted molar refractivity (Wildman–Crippen MR) is 72.3 cm³/mol. The van der Waals surface area contributed by atoms with E-state index in [2.05, 4.69) is 23.9 Å². The zero-order valence-electron chi connectivity index (χ0n) is 10.2. The highest BCUT2D eigenvalue weighted by Gasteiger charge is 2.09. The molecule has 0 fully saturated rings. The second-order valence-electron chi connectivity index (χ2n) is 4.26. The molecule has 0 aliphatic rings. The second-order valence-corrected chi connectivity index (χ2v) is 4.66. The Hall–Kier alpha value is -0.930. The smallest absolute Gasteiger partial charge is 0.0786 e. The van der Waals surface area contributed by atoms with E-state index >= 15 is 0 Å². The summed E-state index contributed by atoms with van der Waals surface area (Å²) in [6, 6.07) is 5.62. The van der Waals surface area contributed by atoms with Gasteiger partial charge in [0.05, 0.1) is 16.4 Å². The fourth-order valence-corrected chi connectivity index (χ4v) is 2.00. The van der Waals surface area contributed by atoms with Crippen LogP contribution in [0.15, 0.2) is 18.2 Å². The molecule has 0 saturated heterocycles. The molecule has 0 heterocycles. The summed E-state index contributed by atoms with van der Waals surface area (Å²) in [6.07, 6.45) is 1.09. The second kappa shape index (κ2) is 5.97. The standard InChI is InChI=1S/C12H20ClN3/c1-15(2)8-5-9-16(3)12-10(13)6-4-7-11(12)14/h4,6-7H,5,8-9,14H2,1-3H3. The Bertz CT molecular complexity index is 319. The fraction of sp³-hybridized carbons (Fsp3) is 0.500. The Balaban J connectivity index is 2.62. The van der Waals surface area contributed by atoms with Gasteiger partial charge in [0, 0.05) is 13.6 Å². The summed E-state index contributed by atoms with van der Waals surface area (Å²) in [5.41, 5.74) is 7.59. The predicted octanol–water partition coefficient (Wildman–Crippen LogP) is 2.31. The Kier molecular flexibility index (Phi) is 4.90. The van der Waals surface area contributed by atoms with Gasteiger partial charge in [-0.2, -0.15) is 0 Å². The highest BCUT2D eigenvalue weighted by atomic mass is 35.5. The molecule has 1 aromatic rings. The van der Waals surface area contributed by atoms with Crippen LogP contribution in [-0.4, -0.2) is 39.1 Å². The monoisotopic (exact) mass is 241 g/mol.